The molecular weight excluding hydrogens is 198 g/mol. The molecule has 1 N–H and O–H groups in total. The minimum atomic E-state index is 0.252. The predicted molar refractivity (Wildman–Crippen MR) is 68.3 cm³/mol. The molecule has 0 bridgehead atoms. The third-order valence-electron chi connectivity index (χ3n) is 3.72. The summed E-state index contributed by atoms with van der Waals surface area (Å²) in [5.74, 6) is 0.560. The van der Waals surface area contributed by atoms with Crippen molar-refractivity contribution in [2.75, 3.05) is 0 Å². The Kier molecular flexibility index (Phi) is 6.51. The van der Waals surface area contributed by atoms with Gasteiger partial charge in [-0.3, -0.25) is 4.79 Å². The summed E-state index contributed by atoms with van der Waals surface area (Å²) in [4.78, 5) is 12.0. The minimum absolute atomic E-state index is 0.252. The van der Waals surface area contributed by atoms with E-state index in [1.54, 1.807) is 0 Å². The van der Waals surface area contributed by atoms with Crippen LogP contribution >= 0.6 is 0 Å². The van der Waals surface area contributed by atoms with Crippen molar-refractivity contribution in [3.63, 3.8) is 0 Å². The van der Waals surface area contributed by atoms with E-state index in [-0.39, 0.29) is 5.92 Å². The van der Waals surface area contributed by atoms with Crippen LogP contribution in [0.25, 0.3) is 0 Å². The lowest BCUT2D eigenvalue weighted by Crippen LogP contribution is -2.39. The first-order valence-corrected chi connectivity index (χ1v) is 7.08. The van der Waals surface area contributed by atoms with Gasteiger partial charge < -0.3 is 5.32 Å². The SMILES string of the molecule is CCCC[C@@H](CC)C(=O)NC1CCCCC1. The molecule has 0 aliphatic heterocycles. The Bertz CT molecular complexity index is 197. The van der Waals surface area contributed by atoms with Gasteiger partial charge in [0.2, 0.25) is 5.91 Å². The average molecular weight is 225 g/mol. The molecule has 0 radical (unpaired) electrons. The van der Waals surface area contributed by atoms with Gasteiger partial charge >= 0.3 is 0 Å². The van der Waals surface area contributed by atoms with E-state index in [0.29, 0.717) is 11.9 Å². The second-order valence-electron chi connectivity index (χ2n) is 5.09. The number of amides is 1. The van der Waals surface area contributed by atoms with Crippen molar-refractivity contribution in [3.8, 4) is 0 Å². The quantitative estimate of drug-likeness (QED) is 0.734. The second-order valence-corrected chi connectivity index (χ2v) is 5.09. The molecule has 1 saturated carbocycles. The van der Waals surface area contributed by atoms with E-state index in [9.17, 15) is 4.79 Å². The lowest BCUT2D eigenvalue weighted by atomic mass is 9.93. The summed E-state index contributed by atoms with van der Waals surface area (Å²) in [6.07, 6.45) is 10.7. The fraction of sp³-hybridized carbons (Fsp3) is 0.929. The van der Waals surface area contributed by atoms with Crippen molar-refractivity contribution in [2.45, 2.75) is 77.7 Å². The lowest BCUT2D eigenvalue weighted by Gasteiger charge is -2.25. The molecule has 0 spiro atoms. The van der Waals surface area contributed by atoms with Gasteiger partial charge in [0.25, 0.3) is 0 Å². The van der Waals surface area contributed by atoms with E-state index >= 15 is 0 Å². The number of unbranched alkanes of at least 4 members (excludes halogenated alkanes) is 1. The van der Waals surface area contributed by atoms with Crippen LogP contribution in [0.2, 0.25) is 0 Å². The van der Waals surface area contributed by atoms with Gasteiger partial charge in [-0.15, -0.1) is 0 Å². The third-order valence-corrected chi connectivity index (χ3v) is 3.72. The highest BCUT2D eigenvalue weighted by molar-refractivity contribution is 5.78. The van der Waals surface area contributed by atoms with Gasteiger partial charge in [-0.25, -0.2) is 0 Å². The molecule has 2 nitrogen and oxygen atoms in total. The molecule has 1 aliphatic rings. The van der Waals surface area contributed by atoms with Gasteiger partial charge in [0.05, 0.1) is 0 Å². The fourth-order valence-electron chi connectivity index (χ4n) is 2.54. The van der Waals surface area contributed by atoms with E-state index in [4.69, 9.17) is 0 Å². The normalized spacial score (nSPS) is 19.4. The van der Waals surface area contributed by atoms with E-state index in [1.165, 1.54) is 44.9 Å². The van der Waals surface area contributed by atoms with Crippen molar-refractivity contribution >= 4 is 5.91 Å². The summed E-state index contributed by atoms with van der Waals surface area (Å²) < 4.78 is 0. The van der Waals surface area contributed by atoms with Crippen molar-refractivity contribution in [1.82, 2.24) is 5.32 Å². The number of hydrogen-bond donors (Lipinski definition) is 1. The molecule has 0 aromatic heterocycles. The van der Waals surface area contributed by atoms with Crippen LogP contribution in [0, 0.1) is 5.92 Å². The van der Waals surface area contributed by atoms with Crippen molar-refractivity contribution in [2.24, 2.45) is 5.92 Å². The van der Waals surface area contributed by atoms with E-state index < -0.39 is 0 Å². The van der Waals surface area contributed by atoms with Crippen molar-refractivity contribution in [1.29, 1.82) is 0 Å². The molecule has 0 saturated heterocycles. The summed E-state index contributed by atoms with van der Waals surface area (Å²) in [6.45, 7) is 4.31. The zero-order chi connectivity index (χ0) is 11.8. The van der Waals surface area contributed by atoms with Gasteiger partial charge in [0.1, 0.15) is 0 Å². The topological polar surface area (TPSA) is 29.1 Å². The highest BCUT2D eigenvalue weighted by Crippen LogP contribution is 2.19. The third kappa shape index (κ3) is 4.54. The van der Waals surface area contributed by atoms with Gasteiger partial charge in [-0.05, 0) is 25.7 Å². The van der Waals surface area contributed by atoms with Crippen LogP contribution in [0.5, 0.6) is 0 Å². The van der Waals surface area contributed by atoms with Crippen molar-refractivity contribution in [3.05, 3.63) is 0 Å². The number of hydrogen-bond acceptors (Lipinski definition) is 1. The predicted octanol–water partition coefficient (Wildman–Crippen LogP) is 3.65. The summed E-state index contributed by atoms with van der Waals surface area (Å²) in [5, 5.41) is 3.24. The first kappa shape index (κ1) is 13.5. The fourth-order valence-corrected chi connectivity index (χ4v) is 2.54. The lowest BCUT2D eigenvalue weighted by molar-refractivity contribution is -0.126. The Labute approximate surface area is 100 Å². The molecule has 1 fully saturated rings. The Morgan fingerprint density at radius 2 is 1.94 bits per heavy atom. The molecule has 94 valence electrons. The van der Waals surface area contributed by atoms with E-state index in [0.717, 1.165) is 12.8 Å². The Morgan fingerprint density at radius 3 is 2.50 bits per heavy atom. The van der Waals surface area contributed by atoms with Gasteiger partial charge in [-0.1, -0.05) is 46.0 Å². The summed E-state index contributed by atoms with van der Waals surface area (Å²) >= 11 is 0. The van der Waals surface area contributed by atoms with Crippen LogP contribution in [0.15, 0.2) is 0 Å². The van der Waals surface area contributed by atoms with Crippen LogP contribution in [0.4, 0.5) is 0 Å². The first-order chi connectivity index (χ1) is 7.77. The standard InChI is InChI=1S/C14H27NO/c1-3-5-9-12(4-2)14(16)15-13-10-7-6-8-11-13/h12-13H,3-11H2,1-2H3,(H,15,16)/t12-/m1/s1. The molecule has 2 heteroatoms. The number of nitrogens with one attached hydrogen (secondary N) is 1. The molecular formula is C14H27NO. The van der Waals surface area contributed by atoms with Crippen LogP contribution in [0.3, 0.4) is 0 Å². The molecule has 0 aromatic rings. The number of carbonyl (C=O) groups is 1. The van der Waals surface area contributed by atoms with Gasteiger partial charge in [0, 0.05) is 12.0 Å². The summed E-state index contributed by atoms with van der Waals surface area (Å²) in [6, 6.07) is 0.469. The maximum absolute atomic E-state index is 12.0. The molecule has 1 aliphatic carbocycles. The molecule has 1 amide bonds. The molecule has 1 rings (SSSR count). The number of rotatable bonds is 6. The van der Waals surface area contributed by atoms with Crippen LogP contribution in [0.1, 0.15) is 71.6 Å². The Hall–Kier alpha value is -0.530. The molecule has 0 heterocycles. The van der Waals surface area contributed by atoms with E-state index in [2.05, 4.69) is 19.2 Å². The Morgan fingerprint density at radius 1 is 1.25 bits per heavy atom. The minimum Gasteiger partial charge on any atom is -0.353 e. The van der Waals surface area contributed by atoms with Gasteiger partial charge in [0.15, 0.2) is 0 Å². The molecule has 0 aromatic carbocycles. The first-order valence-electron chi connectivity index (χ1n) is 7.08. The molecule has 0 unspecified atom stereocenters. The van der Waals surface area contributed by atoms with Crippen LogP contribution < -0.4 is 5.32 Å². The van der Waals surface area contributed by atoms with E-state index in [1.807, 2.05) is 0 Å². The maximum atomic E-state index is 12.0. The average Bonchev–Trinajstić information content (AvgIpc) is 2.31. The monoisotopic (exact) mass is 225 g/mol. The summed E-state index contributed by atoms with van der Waals surface area (Å²) in [7, 11) is 0. The zero-order valence-electron chi connectivity index (χ0n) is 10.9. The Balaban J connectivity index is 2.29. The largest absolute Gasteiger partial charge is 0.353 e. The zero-order valence-corrected chi connectivity index (χ0v) is 10.9. The number of carbonyl (C=O) groups excluding carboxylic acids is 1. The highest BCUT2D eigenvalue weighted by atomic mass is 16.1. The molecule has 1 atom stereocenters. The smallest absolute Gasteiger partial charge is 0.223 e. The van der Waals surface area contributed by atoms with Crippen molar-refractivity contribution < 1.29 is 4.79 Å². The van der Waals surface area contributed by atoms with Gasteiger partial charge in [-0.2, -0.15) is 0 Å². The summed E-state index contributed by atoms with van der Waals surface area (Å²) in [5.41, 5.74) is 0. The molecule has 16 heavy (non-hydrogen) atoms. The van der Waals surface area contributed by atoms with Crippen LogP contribution in [-0.4, -0.2) is 11.9 Å². The van der Waals surface area contributed by atoms with Crippen LogP contribution in [-0.2, 0) is 4.79 Å². The highest BCUT2D eigenvalue weighted by Gasteiger charge is 2.20. The second kappa shape index (κ2) is 7.70. The maximum Gasteiger partial charge on any atom is 0.223 e.